The molecular weight excluding hydrogens is 402 g/mol. The molecule has 1 fully saturated rings. The van der Waals surface area contributed by atoms with E-state index in [1.165, 1.54) is 35.8 Å². The molecule has 0 spiro atoms. The first kappa shape index (κ1) is 20.3. The maximum Gasteiger partial charge on any atom is 0.332 e. The summed E-state index contributed by atoms with van der Waals surface area (Å²) in [5, 5.41) is 8.83. The second-order valence-electron chi connectivity index (χ2n) is 7.45. The summed E-state index contributed by atoms with van der Waals surface area (Å²) in [7, 11) is 2.94. The highest BCUT2D eigenvalue weighted by Crippen LogP contribution is 2.18. The Balaban J connectivity index is 1.41. The molecule has 11 nitrogen and oxygen atoms in total. The highest BCUT2D eigenvalue weighted by Gasteiger charge is 2.25. The number of amides is 1. The molecule has 31 heavy (non-hydrogen) atoms. The number of nitrogens with zero attached hydrogens (tertiary/aromatic N) is 7. The van der Waals surface area contributed by atoms with Crippen LogP contribution in [0.2, 0.25) is 0 Å². The first-order valence-electron chi connectivity index (χ1n) is 9.80. The molecule has 0 aliphatic carbocycles. The zero-order valence-corrected chi connectivity index (χ0v) is 17.2. The van der Waals surface area contributed by atoms with Gasteiger partial charge < -0.3 is 14.2 Å². The molecule has 0 bridgehead atoms. The molecule has 160 valence electrons. The second-order valence-corrected chi connectivity index (χ2v) is 7.45. The van der Waals surface area contributed by atoms with Gasteiger partial charge in [-0.2, -0.15) is 5.26 Å². The molecule has 0 aromatic carbocycles. The number of hydrogen-bond acceptors (Lipinski definition) is 7. The van der Waals surface area contributed by atoms with Crippen molar-refractivity contribution in [3.8, 4) is 11.9 Å². The maximum absolute atomic E-state index is 12.8. The molecule has 1 aliphatic rings. The van der Waals surface area contributed by atoms with Crippen LogP contribution in [-0.4, -0.2) is 53.7 Å². The van der Waals surface area contributed by atoms with Crippen LogP contribution in [0.4, 0.5) is 0 Å². The summed E-state index contributed by atoms with van der Waals surface area (Å²) >= 11 is 0. The van der Waals surface area contributed by atoms with Gasteiger partial charge in [-0.1, -0.05) is 0 Å². The first-order chi connectivity index (χ1) is 14.9. The van der Waals surface area contributed by atoms with Crippen molar-refractivity contribution in [1.29, 1.82) is 5.26 Å². The number of carbonyl (C=O) groups is 1. The van der Waals surface area contributed by atoms with Crippen molar-refractivity contribution < 1.29 is 9.53 Å². The van der Waals surface area contributed by atoms with Crippen molar-refractivity contribution in [3.05, 3.63) is 51.1 Å². The fourth-order valence-corrected chi connectivity index (χ4v) is 3.67. The van der Waals surface area contributed by atoms with E-state index in [1.807, 2.05) is 6.07 Å². The number of likely N-dealkylation sites (tertiary alicyclic amines) is 1. The number of hydrogen-bond donors (Lipinski definition) is 0. The van der Waals surface area contributed by atoms with Crippen LogP contribution in [0, 0.1) is 11.3 Å². The Kier molecular flexibility index (Phi) is 5.29. The van der Waals surface area contributed by atoms with Gasteiger partial charge in [-0.05, 0) is 6.07 Å². The van der Waals surface area contributed by atoms with Crippen molar-refractivity contribution >= 4 is 17.1 Å². The van der Waals surface area contributed by atoms with E-state index in [-0.39, 0.29) is 29.7 Å². The molecule has 3 aromatic rings. The lowest BCUT2D eigenvalue weighted by molar-refractivity contribution is -0.133. The lowest BCUT2D eigenvalue weighted by atomic mass is 10.1. The van der Waals surface area contributed by atoms with E-state index < -0.39 is 11.2 Å². The Hall–Kier alpha value is -3.94. The highest BCUT2D eigenvalue weighted by molar-refractivity contribution is 5.79. The van der Waals surface area contributed by atoms with Gasteiger partial charge in [-0.15, -0.1) is 0 Å². The van der Waals surface area contributed by atoms with Crippen LogP contribution in [-0.2, 0) is 25.4 Å². The van der Waals surface area contributed by atoms with Gasteiger partial charge in [0.2, 0.25) is 11.8 Å². The molecule has 0 N–H and O–H groups in total. The largest absolute Gasteiger partial charge is 0.474 e. The molecular formula is C20H21N7O4. The Morgan fingerprint density at radius 1 is 1.19 bits per heavy atom. The Labute approximate surface area is 176 Å². The van der Waals surface area contributed by atoms with Crippen molar-refractivity contribution in [2.45, 2.75) is 25.5 Å². The van der Waals surface area contributed by atoms with Crippen molar-refractivity contribution in [1.82, 2.24) is 28.6 Å². The van der Waals surface area contributed by atoms with E-state index in [9.17, 15) is 14.4 Å². The van der Waals surface area contributed by atoms with Crippen LogP contribution in [0.5, 0.6) is 5.88 Å². The van der Waals surface area contributed by atoms with E-state index in [4.69, 9.17) is 10.00 Å². The fraction of sp³-hybridized carbons (Fsp3) is 0.400. The van der Waals surface area contributed by atoms with E-state index in [0.29, 0.717) is 37.4 Å². The lowest BCUT2D eigenvalue weighted by Crippen LogP contribution is -2.43. The van der Waals surface area contributed by atoms with Gasteiger partial charge in [0.1, 0.15) is 18.7 Å². The molecule has 1 amide bonds. The van der Waals surface area contributed by atoms with Crippen LogP contribution >= 0.6 is 0 Å². The van der Waals surface area contributed by atoms with Crippen molar-refractivity contribution in [2.75, 3.05) is 13.1 Å². The van der Waals surface area contributed by atoms with Gasteiger partial charge in [0.05, 0.1) is 11.9 Å². The Morgan fingerprint density at radius 2 is 1.94 bits per heavy atom. The molecule has 0 atom stereocenters. The smallest absolute Gasteiger partial charge is 0.332 e. The quantitative estimate of drug-likeness (QED) is 0.567. The Bertz CT molecular complexity index is 1290. The van der Waals surface area contributed by atoms with E-state index in [0.717, 1.165) is 4.57 Å². The minimum absolute atomic E-state index is 0.0351. The Morgan fingerprint density at radius 3 is 2.58 bits per heavy atom. The normalized spacial score (nSPS) is 14.5. The third-order valence-corrected chi connectivity index (χ3v) is 5.47. The number of ether oxygens (including phenoxy) is 1. The number of rotatable bonds is 4. The molecule has 11 heteroatoms. The number of imidazole rings is 1. The third kappa shape index (κ3) is 3.79. The van der Waals surface area contributed by atoms with Crippen LogP contribution in [0.3, 0.4) is 0 Å². The highest BCUT2D eigenvalue weighted by atomic mass is 16.5. The van der Waals surface area contributed by atoms with Gasteiger partial charge in [-0.3, -0.25) is 18.7 Å². The molecule has 3 aromatic heterocycles. The van der Waals surface area contributed by atoms with Crippen LogP contribution in [0.1, 0.15) is 18.4 Å². The van der Waals surface area contributed by atoms with Gasteiger partial charge in [0, 0.05) is 52.3 Å². The first-order valence-corrected chi connectivity index (χ1v) is 9.80. The number of aryl methyl sites for hydroxylation is 1. The minimum Gasteiger partial charge on any atom is -0.474 e. The number of nitriles is 1. The van der Waals surface area contributed by atoms with Crippen LogP contribution in [0.25, 0.3) is 11.2 Å². The molecule has 4 heterocycles. The molecule has 1 aliphatic heterocycles. The van der Waals surface area contributed by atoms with Gasteiger partial charge in [0.15, 0.2) is 11.2 Å². The summed E-state index contributed by atoms with van der Waals surface area (Å²) in [6, 6.07) is 5.32. The van der Waals surface area contributed by atoms with Crippen molar-refractivity contribution in [2.24, 2.45) is 14.1 Å². The summed E-state index contributed by atoms with van der Waals surface area (Å²) in [4.78, 5) is 47.4. The average Bonchev–Trinajstić information content (AvgIpc) is 3.21. The molecule has 4 rings (SSSR count). The summed E-state index contributed by atoms with van der Waals surface area (Å²) in [6.45, 7) is 0.998. The molecule has 1 saturated heterocycles. The number of piperidine rings is 1. The predicted octanol–water partition coefficient (Wildman–Crippen LogP) is -0.230. The number of pyridine rings is 1. The van der Waals surface area contributed by atoms with E-state index in [2.05, 4.69) is 9.97 Å². The monoisotopic (exact) mass is 423 g/mol. The predicted molar refractivity (Wildman–Crippen MR) is 109 cm³/mol. The van der Waals surface area contributed by atoms with E-state index >= 15 is 0 Å². The summed E-state index contributed by atoms with van der Waals surface area (Å²) in [5.41, 5.74) is -0.000923. The van der Waals surface area contributed by atoms with E-state index in [1.54, 1.807) is 17.0 Å². The number of carbonyl (C=O) groups excluding carboxylic acids is 1. The summed E-state index contributed by atoms with van der Waals surface area (Å²) in [5.74, 6) is 0.320. The van der Waals surface area contributed by atoms with Gasteiger partial charge in [-0.25, -0.2) is 14.8 Å². The minimum atomic E-state index is -0.481. The van der Waals surface area contributed by atoms with Crippen LogP contribution < -0.4 is 16.0 Å². The van der Waals surface area contributed by atoms with Crippen molar-refractivity contribution in [3.63, 3.8) is 0 Å². The summed E-state index contributed by atoms with van der Waals surface area (Å²) in [6.07, 6.45) is 4.10. The summed E-state index contributed by atoms with van der Waals surface area (Å²) < 4.78 is 9.63. The maximum atomic E-state index is 12.8. The zero-order chi connectivity index (χ0) is 22.1. The molecule has 0 radical (unpaired) electrons. The molecule has 0 unspecified atom stereocenters. The van der Waals surface area contributed by atoms with Gasteiger partial charge >= 0.3 is 5.69 Å². The lowest BCUT2D eigenvalue weighted by Gasteiger charge is -2.32. The fourth-order valence-electron chi connectivity index (χ4n) is 3.67. The van der Waals surface area contributed by atoms with Crippen LogP contribution in [0.15, 0.2) is 34.2 Å². The topological polar surface area (TPSA) is 128 Å². The third-order valence-electron chi connectivity index (χ3n) is 5.47. The standard InChI is InChI=1S/C20H21N7O4/c1-24-18-17(19(29)25(2)20(24)30)27(12-23-18)11-16(28)26-7-5-14(6-8-26)31-15-4-3-13(9-21)10-22-15/h3-4,10,12,14H,5-8,11H2,1-2H3. The number of fused-ring (bicyclic) bond motifs is 1. The average molecular weight is 423 g/mol. The SMILES string of the molecule is Cn1c(=O)c2c(ncn2CC(=O)N2CCC(Oc3ccc(C#N)cn3)CC2)n(C)c1=O. The zero-order valence-electron chi connectivity index (χ0n) is 17.2. The van der Waals surface area contributed by atoms with Gasteiger partial charge in [0.25, 0.3) is 5.56 Å². The number of aromatic nitrogens is 5. The second kappa shape index (κ2) is 8.06. The molecule has 0 saturated carbocycles.